The number of guanidine groups is 1. The van der Waals surface area contributed by atoms with Crippen molar-refractivity contribution >= 4 is 33.9 Å². The van der Waals surface area contributed by atoms with Crippen molar-refractivity contribution < 1.29 is 32.3 Å². The van der Waals surface area contributed by atoms with Crippen LogP contribution in [0, 0.1) is 20.8 Å². The molecule has 0 saturated heterocycles. The number of nitrogens with two attached hydrogens (primary N) is 2. The van der Waals surface area contributed by atoms with Crippen molar-refractivity contribution in [3.63, 3.8) is 0 Å². The molecular formula is C31H53N7O7S. The first-order valence-electron chi connectivity index (χ1n) is 15.7. The summed E-state index contributed by atoms with van der Waals surface area (Å²) >= 11 is 0. The SMILES string of the molecule is Cc1c(C)c(S(=O)(=O)NC(N)=NCCC[C@@H](NC(=O)OC(C)(C)C)C(=O)NNC(=O)CCCCCN)c(C)c2c1OC(C)(C)CC2. The number of hydrazine groups is 1. The van der Waals surface area contributed by atoms with E-state index < -0.39 is 33.7 Å². The molecule has 8 N–H and O–H groups in total. The Morgan fingerprint density at radius 1 is 1.02 bits per heavy atom. The van der Waals surface area contributed by atoms with Crippen molar-refractivity contribution in [1.82, 2.24) is 20.9 Å². The van der Waals surface area contributed by atoms with E-state index in [1.54, 1.807) is 34.6 Å². The highest BCUT2D eigenvalue weighted by atomic mass is 32.2. The number of benzene rings is 1. The van der Waals surface area contributed by atoms with E-state index in [0.717, 1.165) is 36.1 Å². The zero-order chi connectivity index (χ0) is 34.9. The van der Waals surface area contributed by atoms with Crippen LogP contribution >= 0.6 is 0 Å². The number of carbonyl (C=O) groups excluding carboxylic acids is 3. The third kappa shape index (κ3) is 11.6. The van der Waals surface area contributed by atoms with Crippen LogP contribution in [0.25, 0.3) is 0 Å². The first-order valence-corrected chi connectivity index (χ1v) is 17.2. The van der Waals surface area contributed by atoms with Gasteiger partial charge in [-0.25, -0.2) is 17.9 Å². The highest BCUT2D eigenvalue weighted by Crippen LogP contribution is 2.42. The smallest absolute Gasteiger partial charge is 0.408 e. The third-order valence-corrected chi connectivity index (χ3v) is 9.18. The van der Waals surface area contributed by atoms with Crippen LogP contribution in [0.5, 0.6) is 5.75 Å². The summed E-state index contributed by atoms with van der Waals surface area (Å²) < 4.78 is 40.8. The fourth-order valence-corrected chi connectivity index (χ4v) is 6.60. The van der Waals surface area contributed by atoms with E-state index in [0.29, 0.717) is 30.5 Å². The summed E-state index contributed by atoms with van der Waals surface area (Å²) in [7, 11) is -4.08. The summed E-state index contributed by atoms with van der Waals surface area (Å²) in [6, 6.07) is -1.07. The first kappa shape index (κ1) is 38.6. The van der Waals surface area contributed by atoms with Gasteiger partial charge < -0.3 is 26.3 Å². The number of unbranched alkanes of at least 4 members (excludes halogenated alkanes) is 2. The van der Waals surface area contributed by atoms with Crippen molar-refractivity contribution in [3.05, 3.63) is 22.3 Å². The topological polar surface area (TPSA) is 216 Å². The van der Waals surface area contributed by atoms with Gasteiger partial charge in [0, 0.05) is 13.0 Å². The average Bonchev–Trinajstić information content (AvgIpc) is 2.92. The molecule has 2 rings (SSSR count). The van der Waals surface area contributed by atoms with Gasteiger partial charge in [-0.05, 0) is 123 Å². The number of hydrogen-bond donors (Lipinski definition) is 6. The number of ether oxygens (including phenoxy) is 2. The Bertz CT molecular complexity index is 1400. The molecule has 0 radical (unpaired) electrons. The number of hydrogen-bond acceptors (Lipinski definition) is 9. The van der Waals surface area contributed by atoms with Gasteiger partial charge in [-0.2, -0.15) is 0 Å². The summed E-state index contributed by atoms with van der Waals surface area (Å²) in [5, 5.41) is 2.51. The number of fused-ring (bicyclic) bond motifs is 1. The molecule has 0 aromatic heterocycles. The van der Waals surface area contributed by atoms with Gasteiger partial charge in [-0.15, -0.1) is 0 Å². The number of nitrogens with zero attached hydrogens (tertiary/aromatic N) is 1. The lowest BCUT2D eigenvalue weighted by Crippen LogP contribution is -2.53. The van der Waals surface area contributed by atoms with Crippen LogP contribution in [0.2, 0.25) is 0 Å². The predicted octanol–water partition coefficient (Wildman–Crippen LogP) is 2.65. The molecule has 46 heavy (non-hydrogen) atoms. The molecule has 0 saturated carbocycles. The van der Waals surface area contributed by atoms with E-state index in [-0.39, 0.29) is 48.2 Å². The molecule has 15 heteroatoms. The number of rotatable bonds is 13. The maximum atomic E-state index is 13.5. The normalized spacial score (nSPS) is 15.2. The maximum Gasteiger partial charge on any atom is 0.408 e. The summed E-state index contributed by atoms with van der Waals surface area (Å²) in [6.07, 6.45) is 3.40. The molecule has 0 bridgehead atoms. The Labute approximate surface area is 273 Å². The molecule has 0 fully saturated rings. The summed E-state index contributed by atoms with van der Waals surface area (Å²) in [4.78, 5) is 41.6. The second-order valence-corrected chi connectivity index (χ2v) is 14.8. The van der Waals surface area contributed by atoms with Crippen molar-refractivity contribution in [1.29, 1.82) is 0 Å². The van der Waals surface area contributed by atoms with Crippen molar-refractivity contribution in [2.24, 2.45) is 16.5 Å². The molecule has 14 nitrogen and oxygen atoms in total. The number of aliphatic imine (C=N–C) groups is 1. The molecule has 1 aliphatic heterocycles. The van der Waals surface area contributed by atoms with Gasteiger partial charge in [0.15, 0.2) is 0 Å². The Hall–Kier alpha value is -3.59. The van der Waals surface area contributed by atoms with Crippen LogP contribution in [0.3, 0.4) is 0 Å². The summed E-state index contributed by atoms with van der Waals surface area (Å²) in [5.74, 6) is -0.607. The highest BCUT2D eigenvalue weighted by molar-refractivity contribution is 7.90. The standard InChI is InChI=1S/C31H53N7O7S/c1-19-20(2)26(21(3)22-15-16-31(7,8)44-25(19)22)46(42,43)38-28(33)34-18-12-13-23(35-29(41)45-30(4,5)6)27(40)37-36-24(39)14-10-9-11-17-32/h23H,9-18,32H2,1-8H3,(H,35,41)(H,36,39)(H,37,40)(H3,33,34,38)/t23-/m1/s1. The van der Waals surface area contributed by atoms with E-state index >= 15 is 0 Å². The van der Waals surface area contributed by atoms with Crippen LogP contribution < -0.4 is 37.1 Å². The van der Waals surface area contributed by atoms with E-state index in [2.05, 4.69) is 25.9 Å². The maximum absolute atomic E-state index is 13.5. The van der Waals surface area contributed by atoms with Gasteiger partial charge in [0.25, 0.3) is 15.9 Å². The zero-order valence-corrected chi connectivity index (χ0v) is 29.3. The summed E-state index contributed by atoms with van der Waals surface area (Å²) in [5.41, 5.74) is 17.8. The number of sulfonamides is 1. The van der Waals surface area contributed by atoms with E-state index in [1.807, 2.05) is 20.8 Å². The van der Waals surface area contributed by atoms with Crippen molar-refractivity contribution in [3.8, 4) is 5.75 Å². The minimum atomic E-state index is -4.08. The minimum absolute atomic E-state index is 0.0474. The second-order valence-electron chi connectivity index (χ2n) is 13.2. The minimum Gasteiger partial charge on any atom is -0.487 e. The van der Waals surface area contributed by atoms with Crippen LogP contribution in [0.15, 0.2) is 9.89 Å². The third-order valence-electron chi connectivity index (χ3n) is 7.55. The van der Waals surface area contributed by atoms with E-state index in [1.165, 1.54) is 0 Å². The fraction of sp³-hybridized carbons (Fsp3) is 0.677. The molecule has 1 atom stereocenters. The Morgan fingerprint density at radius 2 is 1.70 bits per heavy atom. The fourth-order valence-electron chi connectivity index (χ4n) is 5.07. The van der Waals surface area contributed by atoms with Gasteiger partial charge in [0.2, 0.25) is 11.9 Å². The zero-order valence-electron chi connectivity index (χ0n) is 28.5. The van der Waals surface area contributed by atoms with E-state index in [9.17, 15) is 22.8 Å². The van der Waals surface area contributed by atoms with E-state index in [4.69, 9.17) is 20.9 Å². The molecule has 3 amide bonds. The average molecular weight is 668 g/mol. The molecule has 0 unspecified atom stereocenters. The highest BCUT2D eigenvalue weighted by Gasteiger charge is 2.33. The second kappa shape index (κ2) is 16.3. The summed E-state index contributed by atoms with van der Waals surface area (Å²) in [6.45, 7) is 15.0. The Morgan fingerprint density at radius 3 is 2.33 bits per heavy atom. The number of nitrogens with one attached hydrogen (secondary N) is 4. The molecule has 1 aromatic rings. The Balaban J connectivity index is 2.08. The monoisotopic (exact) mass is 667 g/mol. The van der Waals surface area contributed by atoms with Gasteiger partial charge in [-0.3, -0.25) is 25.4 Å². The molecule has 1 heterocycles. The number of amides is 3. The van der Waals surface area contributed by atoms with Gasteiger partial charge >= 0.3 is 6.09 Å². The molecule has 0 aliphatic carbocycles. The van der Waals surface area contributed by atoms with Crippen molar-refractivity contribution in [2.75, 3.05) is 13.1 Å². The lowest BCUT2D eigenvalue weighted by molar-refractivity contribution is -0.130. The lowest BCUT2D eigenvalue weighted by atomic mass is 9.88. The first-order chi connectivity index (χ1) is 21.3. The van der Waals surface area contributed by atoms with Gasteiger partial charge in [0.1, 0.15) is 23.0 Å². The number of alkyl carbamates (subject to hydrolysis) is 1. The predicted molar refractivity (Wildman–Crippen MR) is 177 cm³/mol. The molecule has 1 aliphatic rings. The van der Waals surface area contributed by atoms with Crippen LogP contribution in [-0.2, 0) is 30.8 Å². The van der Waals surface area contributed by atoms with Crippen LogP contribution in [0.4, 0.5) is 4.79 Å². The molecule has 1 aromatic carbocycles. The van der Waals surface area contributed by atoms with Gasteiger partial charge in [0.05, 0.1) is 4.90 Å². The Kier molecular flexibility index (Phi) is 13.7. The lowest BCUT2D eigenvalue weighted by Gasteiger charge is -2.35. The van der Waals surface area contributed by atoms with Gasteiger partial charge in [-0.1, -0.05) is 6.42 Å². The molecule has 0 spiro atoms. The van der Waals surface area contributed by atoms with Crippen molar-refractivity contribution in [2.45, 2.75) is 129 Å². The quantitative estimate of drug-likeness (QED) is 0.0788. The van der Waals surface area contributed by atoms with Crippen LogP contribution in [0.1, 0.15) is 102 Å². The number of carbonyl (C=O) groups is 3. The van der Waals surface area contributed by atoms with Crippen LogP contribution in [-0.4, -0.2) is 62.6 Å². The molecular weight excluding hydrogens is 614 g/mol. The largest absolute Gasteiger partial charge is 0.487 e. The molecule has 260 valence electrons.